The zero-order chi connectivity index (χ0) is 47.1. The van der Waals surface area contributed by atoms with Crippen LogP contribution in [-0.2, 0) is 40.9 Å². The molecule has 0 aliphatic carbocycles. The average Bonchev–Trinajstić information content (AvgIpc) is 3.82. The predicted octanol–water partition coefficient (Wildman–Crippen LogP) is 8.43. The number of phenolic OH excluding ortho intramolecular Hbond substituents is 1. The smallest absolute Gasteiger partial charge is 0.416 e. The van der Waals surface area contributed by atoms with Gasteiger partial charge in [0.1, 0.15) is 5.75 Å². The number of H-pyrrole nitrogens is 1. The van der Waals surface area contributed by atoms with E-state index in [0.717, 1.165) is 43.4 Å². The number of carbonyl (C=O) groups is 2. The number of aliphatic hydroxyl groups excluding tert-OH is 1. The lowest BCUT2D eigenvalue weighted by Gasteiger charge is -2.33. The van der Waals surface area contributed by atoms with Gasteiger partial charge in [0.05, 0.1) is 30.3 Å². The molecular formula is C52H49F3N4O7S. The van der Waals surface area contributed by atoms with Gasteiger partial charge < -0.3 is 35.7 Å². The number of benzene rings is 5. The molecule has 67 heavy (non-hydrogen) atoms. The number of thiophene rings is 1. The van der Waals surface area contributed by atoms with E-state index < -0.39 is 40.9 Å². The number of likely N-dealkylation sites (tertiary alicyclic amines) is 1. The Labute approximate surface area is 388 Å². The van der Waals surface area contributed by atoms with Crippen LogP contribution in [-0.4, -0.2) is 63.3 Å². The molecule has 7 aromatic rings. The molecule has 1 aliphatic rings. The Morgan fingerprint density at radius 2 is 1.57 bits per heavy atom. The number of hydrogen-bond acceptors (Lipinski definition) is 10. The number of aromatic nitrogens is 1. The third kappa shape index (κ3) is 11.0. The Morgan fingerprint density at radius 3 is 2.31 bits per heavy atom. The summed E-state index contributed by atoms with van der Waals surface area (Å²) in [5, 5.41) is 39.3. The highest BCUT2D eigenvalue weighted by Crippen LogP contribution is 2.37. The van der Waals surface area contributed by atoms with E-state index in [-0.39, 0.29) is 54.6 Å². The van der Waals surface area contributed by atoms with Crippen LogP contribution in [0.15, 0.2) is 144 Å². The maximum absolute atomic E-state index is 14.3. The number of aromatic hydroxyl groups is 1. The zero-order valence-electron chi connectivity index (χ0n) is 36.3. The van der Waals surface area contributed by atoms with Crippen LogP contribution in [0.1, 0.15) is 67.6 Å². The number of amides is 1. The van der Waals surface area contributed by atoms with Gasteiger partial charge >= 0.3 is 12.1 Å². The molecule has 11 nitrogen and oxygen atoms in total. The largest absolute Gasteiger partial charge is 0.506 e. The molecule has 1 unspecified atom stereocenters. The Bertz CT molecular complexity index is 2900. The fraction of sp³-hybridized carbons (Fsp3) is 0.250. The number of halogens is 3. The summed E-state index contributed by atoms with van der Waals surface area (Å²) in [4.78, 5) is 45.4. The summed E-state index contributed by atoms with van der Waals surface area (Å²) in [6.07, 6.45) is -4.25. The lowest BCUT2D eigenvalue weighted by Crippen LogP contribution is -2.40. The normalized spacial score (nSPS) is 14.9. The van der Waals surface area contributed by atoms with Gasteiger partial charge in [-0.3, -0.25) is 14.5 Å². The van der Waals surface area contributed by atoms with E-state index in [9.17, 15) is 42.9 Å². The first kappa shape index (κ1) is 46.9. The second kappa shape index (κ2) is 20.5. The van der Waals surface area contributed by atoms with Crippen molar-refractivity contribution in [3.05, 3.63) is 194 Å². The SMILES string of the molecule is O=C(NCc1ccc(-c2cccc(C(O)(C(=O)OCC3CCN(Cc4ccccc4)CC3)c3ccccc3)c2)s1)c1ccc(CNC[C@H](O)c2ccc(O)c3[nH]c(=O)ccc23)c(C(F)(F)F)c1. The lowest BCUT2D eigenvalue weighted by atomic mass is 9.85. The van der Waals surface area contributed by atoms with Gasteiger partial charge in [-0.15, -0.1) is 11.3 Å². The van der Waals surface area contributed by atoms with E-state index in [1.165, 1.54) is 53.3 Å². The van der Waals surface area contributed by atoms with Crippen molar-refractivity contribution in [2.24, 2.45) is 5.92 Å². The number of aliphatic hydroxyl groups is 2. The standard InChI is InChI=1S/C52H49F3N4O7S/c53-52(54,55)43-27-36(14-15-37(43)28-56-30-45(61)41-17-19-44(60)48-42(41)18-21-47(62)58-48)49(63)57-29-40-16-20-46(67-40)35-10-7-13-39(26-35)51(65,38-11-5-2-6-12-38)50(64)66-32-34-22-24-59(25-23-34)31-33-8-3-1-4-9-33/h1-21,26-27,34,45,56,60-61,65H,22-25,28-32H2,(H,57,63)(H,58,62)/t45-,51?/m0/s1. The van der Waals surface area contributed by atoms with Crippen LogP contribution in [0, 0.1) is 5.92 Å². The highest BCUT2D eigenvalue weighted by Gasteiger charge is 2.42. The number of piperidine rings is 1. The average molecular weight is 931 g/mol. The minimum absolute atomic E-state index is 0.0248. The number of hydrogen-bond donors (Lipinski definition) is 6. The minimum atomic E-state index is -4.79. The van der Waals surface area contributed by atoms with Gasteiger partial charge in [0.15, 0.2) is 0 Å². The van der Waals surface area contributed by atoms with Crippen LogP contribution < -0.4 is 16.2 Å². The Morgan fingerprint density at radius 1 is 0.836 bits per heavy atom. The summed E-state index contributed by atoms with van der Waals surface area (Å²) < 4.78 is 48.9. The first-order valence-electron chi connectivity index (χ1n) is 21.9. The number of esters is 1. The molecule has 346 valence electrons. The van der Waals surface area contributed by atoms with E-state index in [0.29, 0.717) is 32.5 Å². The van der Waals surface area contributed by atoms with Crippen molar-refractivity contribution in [3.8, 4) is 16.2 Å². The minimum Gasteiger partial charge on any atom is -0.506 e. The first-order chi connectivity index (χ1) is 32.3. The van der Waals surface area contributed by atoms with E-state index in [1.807, 2.05) is 30.3 Å². The number of pyridine rings is 1. The number of nitrogens with zero attached hydrogens (tertiary/aromatic N) is 1. The Hall–Kier alpha value is -6.62. The highest BCUT2D eigenvalue weighted by molar-refractivity contribution is 7.15. The maximum Gasteiger partial charge on any atom is 0.416 e. The van der Waals surface area contributed by atoms with Gasteiger partial charge in [-0.2, -0.15) is 13.2 Å². The number of ether oxygens (including phenoxy) is 1. The molecule has 2 aromatic heterocycles. The molecular weight excluding hydrogens is 882 g/mol. The topological polar surface area (TPSA) is 164 Å². The second-order valence-electron chi connectivity index (χ2n) is 16.7. The van der Waals surface area contributed by atoms with Crippen LogP contribution in [0.3, 0.4) is 0 Å². The third-order valence-corrected chi connectivity index (χ3v) is 13.3. The summed E-state index contributed by atoms with van der Waals surface area (Å²) in [5.74, 6) is -1.51. The first-order valence-corrected chi connectivity index (χ1v) is 22.7. The van der Waals surface area contributed by atoms with Crippen LogP contribution in [0.5, 0.6) is 5.75 Å². The highest BCUT2D eigenvalue weighted by atomic mass is 32.1. The quantitative estimate of drug-likeness (QED) is 0.0523. The van der Waals surface area contributed by atoms with Gasteiger partial charge in [-0.05, 0) is 102 Å². The van der Waals surface area contributed by atoms with Crippen molar-refractivity contribution in [2.45, 2.75) is 50.4 Å². The number of phenols is 1. The molecule has 1 saturated heterocycles. The van der Waals surface area contributed by atoms with Crippen molar-refractivity contribution < 1.29 is 42.8 Å². The number of alkyl halides is 3. The van der Waals surface area contributed by atoms with Gasteiger partial charge in [0, 0.05) is 52.0 Å². The van der Waals surface area contributed by atoms with Gasteiger partial charge in [-0.25, -0.2) is 4.79 Å². The summed E-state index contributed by atoms with van der Waals surface area (Å²) in [5.41, 5.74) is -0.755. The molecule has 0 spiro atoms. The van der Waals surface area contributed by atoms with E-state index in [2.05, 4.69) is 32.7 Å². The number of rotatable bonds is 16. The van der Waals surface area contributed by atoms with Crippen LogP contribution in [0.2, 0.25) is 0 Å². The Kier molecular flexibility index (Phi) is 14.3. The summed E-state index contributed by atoms with van der Waals surface area (Å²) in [6.45, 7) is 2.40. The molecule has 8 rings (SSSR count). The molecule has 5 aromatic carbocycles. The maximum atomic E-state index is 14.3. The number of aromatic amines is 1. The molecule has 1 amide bonds. The van der Waals surface area contributed by atoms with Crippen molar-refractivity contribution in [1.29, 1.82) is 0 Å². The predicted molar refractivity (Wildman–Crippen MR) is 250 cm³/mol. The second-order valence-corrected chi connectivity index (χ2v) is 17.9. The molecule has 1 aliphatic heterocycles. The lowest BCUT2D eigenvalue weighted by molar-refractivity contribution is -0.164. The summed E-state index contributed by atoms with van der Waals surface area (Å²) >= 11 is 1.34. The fourth-order valence-electron chi connectivity index (χ4n) is 8.47. The van der Waals surface area contributed by atoms with Crippen LogP contribution >= 0.6 is 11.3 Å². The van der Waals surface area contributed by atoms with E-state index in [1.54, 1.807) is 54.6 Å². The van der Waals surface area contributed by atoms with Gasteiger partial charge in [-0.1, -0.05) is 91.0 Å². The molecule has 0 bridgehead atoms. The number of carbonyl (C=O) groups excluding carboxylic acids is 2. The molecule has 2 atom stereocenters. The molecule has 0 radical (unpaired) electrons. The molecule has 0 saturated carbocycles. The van der Waals surface area contributed by atoms with Crippen molar-refractivity contribution in [2.75, 3.05) is 26.2 Å². The number of nitrogens with one attached hydrogen (secondary N) is 3. The van der Waals surface area contributed by atoms with Gasteiger partial charge in [0.25, 0.3) is 5.91 Å². The van der Waals surface area contributed by atoms with Crippen LogP contribution in [0.4, 0.5) is 13.2 Å². The monoisotopic (exact) mass is 930 g/mol. The fourth-order valence-corrected chi connectivity index (χ4v) is 9.41. The van der Waals surface area contributed by atoms with Crippen molar-refractivity contribution in [1.82, 2.24) is 20.5 Å². The zero-order valence-corrected chi connectivity index (χ0v) is 37.1. The Balaban J connectivity index is 0.893. The van der Waals surface area contributed by atoms with E-state index in [4.69, 9.17) is 4.74 Å². The van der Waals surface area contributed by atoms with Gasteiger partial charge in [0.2, 0.25) is 11.2 Å². The number of fused-ring (bicyclic) bond motifs is 1. The summed E-state index contributed by atoms with van der Waals surface area (Å²) in [7, 11) is 0. The van der Waals surface area contributed by atoms with E-state index >= 15 is 0 Å². The van der Waals surface area contributed by atoms with Crippen molar-refractivity contribution >= 4 is 34.1 Å². The molecule has 3 heterocycles. The molecule has 1 fully saturated rings. The molecule has 15 heteroatoms. The van der Waals surface area contributed by atoms with Crippen molar-refractivity contribution in [3.63, 3.8) is 0 Å². The summed E-state index contributed by atoms with van der Waals surface area (Å²) in [6, 6.07) is 38.4. The molecule has 6 N–H and O–H groups in total. The van der Waals surface area contributed by atoms with Crippen LogP contribution in [0.25, 0.3) is 21.3 Å². The third-order valence-electron chi connectivity index (χ3n) is 12.1.